The van der Waals surface area contributed by atoms with Gasteiger partial charge in [-0.2, -0.15) is 0 Å². The second-order valence-corrected chi connectivity index (χ2v) is 7.77. The van der Waals surface area contributed by atoms with Crippen molar-refractivity contribution in [2.45, 2.75) is 13.3 Å². The summed E-state index contributed by atoms with van der Waals surface area (Å²) in [5.41, 5.74) is 1.87. The Balaban J connectivity index is 2.35. The number of carbonyl (C=O) groups is 1. The van der Waals surface area contributed by atoms with Gasteiger partial charge < -0.3 is 14.8 Å². The highest BCUT2D eigenvalue weighted by molar-refractivity contribution is 7.92. The van der Waals surface area contributed by atoms with Gasteiger partial charge in [-0.1, -0.05) is 25.1 Å². The van der Waals surface area contributed by atoms with Crippen LogP contribution in [-0.4, -0.2) is 41.3 Å². The highest BCUT2D eigenvalue weighted by Gasteiger charge is 2.25. The maximum absolute atomic E-state index is 12.6. The van der Waals surface area contributed by atoms with E-state index in [-0.39, 0.29) is 12.2 Å². The zero-order valence-corrected chi connectivity index (χ0v) is 16.7. The normalized spacial score (nSPS) is 11.0. The van der Waals surface area contributed by atoms with E-state index in [9.17, 15) is 13.2 Å². The molecule has 2 rings (SSSR count). The molecular weight excluding hydrogens is 368 g/mol. The van der Waals surface area contributed by atoms with Gasteiger partial charge in [0, 0.05) is 11.8 Å². The fourth-order valence-electron chi connectivity index (χ4n) is 2.64. The van der Waals surface area contributed by atoms with Crippen LogP contribution in [-0.2, 0) is 21.2 Å². The molecule has 2 aromatic carbocycles. The first-order chi connectivity index (χ1) is 12.8. The van der Waals surface area contributed by atoms with Gasteiger partial charge >= 0.3 is 0 Å². The first-order valence-electron chi connectivity index (χ1n) is 8.37. The van der Waals surface area contributed by atoms with E-state index in [4.69, 9.17) is 9.47 Å². The number of hydrogen-bond acceptors (Lipinski definition) is 5. The quantitative estimate of drug-likeness (QED) is 0.747. The maximum atomic E-state index is 12.6. The number of para-hydroxylation sites is 1. The summed E-state index contributed by atoms with van der Waals surface area (Å²) >= 11 is 0. The van der Waals surface area contributed by atoms with Crippen molar-refractivity contribution in [1.29, 1.82) is 0 Å². The predicted molar refractivity (Wildman–Crippen MR) is 106 cm³/mol. The average molecular weight is 392 g/mol. The molecule has 1 amide bonds. The number of nitrogens with zero attached hydrogens (tertiary/aromatic N) is 1. The Morgan fingerprint density at radius 1 is 1.11 bits per heavy atom. The van der Waals surface area contributed by atoms with Crippen molar-refractivity contribution in [2.24, 2.45) is 0 Å². The second kappa shape index (κ2) is 8.77. The average Bonchev–Trinajstić information content (AvgIpc) is 2.65. The standard InChI is InChI=1S/C19H24N2O5S/c1-5-14-8-6-7-9-16(14)20-19(22)13-21(27(4,23)24)17-12-15(25-2)10-11-18(17)26-3/h6-12H,5,13H2,1-4H3,(H,20,22). The van der Waals surface area contributed by atoms with E-state index in [1.165, 1.54) is 20.3 Å². The highest BCUT2D eigenvalue weighted by Crippen LogP contribution is 2.33. The number of ether oxygens (including phenoxy) is 2. The van der Waals surface area contributed by atoms with Gasteiger partial charge in [-0.15, -0.1) is 0 Å². The summed E-state index contributed by atoms with van der Waals surface area (Å²) in [6.07, 6.45) is 1.79. The molecule has 0 aliphatic carbocycles. The molecule has 0 atom stereocenters. The van der Waals surface area contributed by atoms with Crippen molar-refractivity contribution in [3.8, 4) is 11.5 Å². The number of carbonyl (C=O) groups excluding carboxylic acids is 1. The van der Waals surface area contributed by atoms with Crippen molar-refractivity contribution in [3.05, 3.63) is 48.0 Å². The number of nitrogens with one attached hydrogen (secondary N) is 1. The summed E-state index contributed by atoms with van der Waals surface area (Å²) < 4.78 is 36.2. The molecular formula is C19H24N2O5S. The van der Waals surface area contributed by atoms with Crippen LogP contribution >= 0.6 is 0 Å². The largest absolute Gasteiger partial charge is 0.497 e. The molecule has 0 aliphatic rings. The number of methoxy groups -OCH3 is 2. The van der Waals surface area contributed by atoms with Gasteiger partial charge in [0.15, 0.2) is 0 Å². The van der Waals surface area contributed by atoms with Crippen LogP contribution in [0.1, 0.15) is 12.5 Å². The molecule has 146 valence electrons. The summed E-state index contributed by atoms with van der Waals surface area (Å²) in [7, 11) is -0.831. The molecule has 0 saturated carbocycles. The molecule has 0 heterocycles. The smallest absolute Gasteiger partial charge is 0.245 e. The highest BCUT2D eigenvalue weighted by atomic mass is 32.2. The lowest BCUT2D eigenvalue weighted by Crippen LogP contribution is -2.37. The van der Waals surface area contributed by atoms with Crippen LogP contribution in [0.3, 0.4) is 0 Å². The minimum Gasteiger partial charge on any atom is -0.497 e. The van der Waals surface area contributed by atoms with Crippen LogP contribution < -0.4 is 19.1 Å². The third kappa shape index (κ3) is 5.13. The summed E-state index contributed by atoms with van der Waals surface area (Å²) in [6.45, 7) is 1.59. The van der Waals surface area contributed by atoms with Gasteiger partial charge in [0.2, 0.25) is 15.9 Å². The third-order valence-corrected chi connectivity index (χ3v) is 5.14. The second-order valence-electron chi connectivity index (χ2n) is 5.87. The zero-order chi connectivity index (χ0) is 20.0. The molecule has 0 aliphatic heterocycles. The molecule has 0 bridgehead atoms. The summed E-state index contributed by atoms with van der Waals surface area (Å²) in [6, 6.07) is 12.2. The molecule has 2 aromatic rings. The Labute approximate surface area is 160 Å². The van der Waals surface area contributed by atoms with E-state index in [2.05, 4.69) is 5.32 Å². The van der Waals surface area contributed by atoms with Crippen LogP contribution in [0.5, 0.6) is 11.5 Å². The summed E-state index contributed by atoms with van der Waals surface area (Å²) in [5.74, 6) is 0.324. The number of anilines is 2. The Morgan fingerprint density at radius 2 is 1.81 bits per heavy atom. The summed E-state index contributed by atoms with van der Waals surface area (Å²) in [5, 5.41) is 2.78. The minimum atomic E-state index is -3.74. The molecule has 1 N–H and O–H groups in total. The van der Waals surface area contributed by atoms with Gasteiger partial charge in [-0.25, -0.2) is 8.42 Å². The molecule has 0 aromatic heterocycles. The van der Waals surface area contributed by atoms with E-state index in [1.807, 2.05) is 25.1 Å². The lowest BCUT2D eigenvalue weighted by molar-refractivity contribution is -0.114. The Bertz CT molecular complexity index is 912. The van der Waals surface area contributed by atoms with Crippen molar-refractivity contribution >= 4 is 27.3 Å². The van der Waals surface area contributed by atoms with Gasteiger partial charge in [-0.3, -0.25) is 9.10 Å². The van der Waals surface area contributed by atoms with E-state index in [0.29, 0.717) is 17.2 Å². The molecule has 0 fully saturated rings. The molecule has 7 nitrogen and oxygen atoms in total. The number of aryl methyl sites for hydroxylation is 1. The van der Waals surface area contributed by atoms with Gasteiger partial charge in [-0.05, 0) is 30.2 Å². The van der Waals surface area contributed by atoms with E-state index >= 15 is 0 Å². The van der Waals surface area contributed by atoms with Gasteiger partial charge in [0.05, 0.1) is 26.2 Å². The molecule has 8 heteroatoms. The summed E-state index contributed by atoms with van der Waals surface area (Å²) in [4.78, 5) is 12.6. The monoisotopic (exact) mass is 392 g/mol. The van der Waals surface area contributed by atoms with Crippen LogP contribution in [0.4, 0.5) is 11.4 Å². The number of rotatable bonds is 8. The fraction of sp³-hybridized carbons (Fsp3) is 0.316. The number of sulfonamides is 1. The SMILES string of the molecule is CCc1ccccc1NC(=O)CN(c1cc(OC)ccc1OC)S(C)(=O)=O. The Hall–Kier alpha value is -2.74. The number of hydrogen-bond donors (Lipinski definition) is 1. The van der Waals surface area contributed by atoms with Crippen molar-refractivity contribution in [3.63, 3.8) is 0 Å². The third-order valence-electron chi connectivity index (χ3n) is 4.01. The number of benzene rings is 2. The van der Waals surface area contributed by atoms with Crippen molar-refractivity contribution in [1.82, 2.24) is 0 Å². The predicted octanol–water partition coefficient (Wildman–Crippen LogP) is 2.67. The molecule has 0 radical (unpaired) electrons. The molecule has 27 heavy (non-hydrogen) atoms. The van der Waals surface area contributed by atoms with E-state index in [1.54, 1.807) is 18.2 Å². The maximum Gasteiger partial charge on any atom is 0.245 e. The Kier molecular flexibility index (Phi) is 6.68. The molecule has 0 unspecified atom stereocenters. The number of amides is 1. The fourth-order valence-corrected chi connectivity index (χ4v) is 3.50. The van der Waals surface area contributed by atoms with Crippen LogP contribution in [0.2, 0.25) is 0 Å². The molecule has 0 spiro atoms. The lowest BCUT2D eigenvalue weighted by atomic mass is 10.1. The van der Waals surface area contributed by atoms with Crippen LogP contribution in [0.25, 0.3) is 0 Å². The minimum absolute atomic E-state index is 0.235. The molecule has 0 saturated heterocycles. The van der Waals surface area contributed by atoms with Crippen LogP contribution in [0, 0.1) is 0 Å². The van der Waals surface area contributed by atoms with Crippen LogP contribution in [0.15, 0.2) is 42.5 Å². The topological polar surface area (TPSA) is 84.9 Å². The van der Waals surface area contributed by atoms with E-state index < -0.39 is 15.9 Å². The lowest BCUT2D eigenvalue weighted by Gasteiger charge is -2.24. The van der Waals surface area contributed by atoms with Crippen molar-refractivity contribution < 1.29 is 22.7 Å². The van der Waals surface area contributed by atoms with Gasteiger partial charge in [0.1, 0.15) is 18.0 Å². The first kappa shape index (κ1) is 20.6. The van der Waals surface area contributed by atoms with Gasteiger partial charge in [0.25, 0.3) is 0 Å². The first-order valence-corrected chi connectivity index (χ1v) is 10.2. The Morgan fingerprint density at radius 3 is 2.41 bits per heavy atom. The van der Waals surface area contributed by atoms with E-state index in [0.717, 1.165) is 22.5 Å². The zero-order valence-electron chi connectivity index (χ0n) is 15.9. The van der Waals surface area contributed by atoms with Crippen molar-refractivity contribution in [2.75, 3.05) is 36.6 Å².